The largest absolute Gasteiger partial charge is 0.316 e. The molecule has 14 heavy (non-hydrogen) atoms. The van der Waals surface area contributed by atoms with Crippen molar-refractivity contribution in [3.8, 4) is 6.07 Å². The maximum atomic E-state index is 8.55. The Morgan fingerprint density at radius 1 is 1.43 bits per heavy atom. The van der Waals surface area contributed by atoms with E-state index in [1.165, 1.54) is 19.3 Å². The topological polar surface area (TPSA) is 39.1 Å². The fraction of sp³-hybridized carbons (Fsp3) is 0.909. The van der Waals surface area contributed by atoms with E-state index < -0.39 is 0 Å². The first-order valence-corrected chi connectivity index (χ1v) is 5.66. The Morgan fingerprint density at radius 2 is 2.14 bits per heavy atom. The summed E-state index contributed by atoms with van der Waals surface area (Å²) in [6.07, 6.45) is 3.71. The molecule has 80 valence electrons. The van der Waals surface area contributed by atoms with Crippen molar-refractivity contribution in [3.63, 3.8) is 0 Å². The van der Waals surface area contributed by atoms with E-state index in [2.05, 4.69) is 23.2 Å². The second-order valence-corrected chi connectivity index (χ2v) is 4.08. The molecule has 0 aromatic rings. The normalized spacial score (nSPS) is 19.4. The SMILES string of the molecule is CCCNCC1CCN(CC#N)CC1. The van der Waals surface area contributed by atoms with Crippen LogP contribution in [-0.4, -0.2) is 37.6 Å². The number of hydrogen-bond acceptors (Lipinski definition) is 3. The third-order valence-corrected chi connectivity index (χ3v) is 2.86. The molecule has 0 unspecified atom stereocenters. The van der Waals surface area contributed by atoms with Crippen LogP contribution in [0.2, 0.25) is 0 Å². The van der Waals surface area contributed by atoms with Crippen LogP contribution in [0.1, 0.15) is 26.2 Å². The second kappa shape index (κ2) is 6.80. The molecule has 1 saturated heterocycles. The van der Waals surface area contributed by atoms with Gasteiger partial charge in [0.15, 0.2) is 0 Å². The lowest BCUT2D eigenvalue weighted by atomic mass is 9.97. The van der Waals surface area contributed by atoms with Crippen molar-refractivity contribution in [1.29, 1.82) is 5.26 Å². The van der Waals surface area contributed by atoms with Gasteiger partial charge in [-0.05, 0) is 51.4 Å². The van der Waals surface area contributed by atoms with E-state index in [1.807, 2.05) is 0 Å². The van der Waals surface area contributed by atoms with E-state index >= 15 is 0 Å². The zero-order valence-corrected chi connectivity index (χ0v) is 9.13. The number of rotatable bonds is 5. The summed E-state index contributed by atoms with van der Waals surface area (Å²) in [5.74, 6) is 0.830. The molecule has 1 fully saturated rings. The van der Waals surface area contributed by atoms with Crippen LogP contribution in [0.15, 0.2) is 0 Å². The molecule has 3 heteroatoms. The first-order chi connectivity index (χ1) is 6.86. The van der Waals surface area contributed by atoms with Crippen molar-refractivity contribution in [2.45, 2.75) is 26.2 Å². The number of nitrogens with one attached hydrogen (secondary N) is 1. The van der Waals surface area contributed by atoms with Gasteiger partial charge in [0.25, 0.3) is 0 Å². The minimum Gasteiger partial charge on any atom is -0.316 e. The molecule has 1 aliphatic heterocycles. The third-order valence-electron chi connectivity index (χ3n) is 2.86. The molecule has 0 spiro atoms. The molecular formula is C11H21N3. The van der Waals surface area contributed by atoms with Crippen LogP contribution in [-0.2, 0) is 0 Å². The molecule has 3 nitrogen and oxygen atoms in total. The van der Waals surface area contributed by atoms with Crippen molar-refractivity contribution in [3.05, 3.63) is 0 Å². The number of nitrogens with zero attached hydrogens (tertiary/aromatic N) is 2. The zero-order valence-electron chi connectivity index (χ0n) is 9.13. The van der Waals surface area contributed by atoms with E-state index in [9.17, 15) is 0 Å². The summed E-state index contributed by atoms with van der Waals surface area (Å²) in [6.45, 7) is 7.31. The monoisotopic (exact) mass is 195 g/mol. The van der Waals surface area contributed by atoms with E-state index in [0.717, 1.165) is 32.1 Å². The van der Waals surface area contributed by atoms with Crippen LogP contribution >= 0.6 is 0 Å². The summed E-state index contributed by atoms with van der Waals surface area (Å²) in [7, 11) is 0. The van der Waals surface area contributed by atoms with Crippen LogP contribution in [0, 0.1) is 17.2 Å². The fourth-order valence-electron chi connectivity index (χ4n) is 1.93. The molecule has 1 N–H and O–H groups in total. The summed E-state index contributed by atoms with van der Waals surface area (Å²) in [6, 6.07) is 2.21. The van der Waals surface area contributed by atoms with Gasteiger partial charge in [0.05, 0.1) is 12.6 Å². The fourth-order valence-corrected chi connectivity index (χ4v) is 1.93. The molecule has 0 amide bonds. The number of piperidine rings is 1. The lowest BCUT2D eigenvalue weighted by molar-refractivity contribution is 0.200. The van der Waals surface area contributed by atoms with Gasteiger partial charge >= 0.3 is 0 Å². The lowest BCUT2D eigenvalue weighted by Gasteiger charge is -2.30. The number of likely N-dealkylation sites (tertiary alicyclic amines) is 1. The molecular weight excluding hydrogens is 174 g/mol. The molecule has 0 atom stereocenters. The molecule has 0 aliphatic carbocycles. The summed E-state index contributed by atoms with van der Waals surface area (Å²) in [5.41, 5.74) is 0. The number of nitriles is 1. The average molecular weight is 195 g/mol. The van der Waals surface area contributed by atoms with E-state index in [4.69, 9.17) is 5.26 Å². The first kappa shape index (κ1) is 11.5. The summed E-state index contributed by atoms with van der Waals surface area (Å²) >= 11 is 0. The van der Waals surface area contributed by atoms with Crippen molar-refractivity contribution < 1.29 is 0 Å². The predicted molar refractivity (Wildman–Crippen MR) is 57.9 cm³/mol. The predicted octanol–water partition coefficient (Wildman–Crippen LogP) is 1.22. The van der Waals surface area contributed by atoms with Crippen molar-refractivity contribution >= 4 is 0 Å². The van der Waals surface area contributed by atoms with E-state index in [0.29, 0.717) is 6.54 Å². The number of hydrogen-bond donors (Lipinski definition) is 1. The van der Waals surface area contributed by atoms with Crippen molar-refractivity contribution in [2.24, 2.45) is 5.92 Å². The minimum atomic E-state index is 0.606. The highest BCUT2D eigenvalue weighted by molar-refractivity contribution is 4.81. The first-order valence-electron chi connectivity index (χ1n) is 5.66. The van der Waals surface area contributed by atoms with Gasteiger partial charge in [-0.1, -0.05) is 6.92 Å². The Labute approximate surface area is 87.1 Å². The third kappa shape index (κ3) is 4.08. The molecule has 0 radical (unpaired) electrons. The van der Waals surface area contributed by atoms with Crippen LogP contribution in [0.4, 0.5) is 0 Å². The van der Waals surface area contributed by atoms with Crippen LogP contribution in [0.25, 0.3) is 0 Å². The van der Waals surface area contributed by atoms with Gasteiger partial charge in [-0.2, -0.15) is 5.26 Å². The Morgan fingerprint density at radius 3 is 2.71 bits per heavy atom. The van der Waals surface area contributed by atoms with Gasteiger partial charge in [-0.3, -0.25) is 4.90 Å². The van der Waals surface area contributed by atoms with Gasteiger partial charge in [0, 0.05) is 0 Å². The smallest absolute Gasteiger partial charge is 0.0865 e. The average Bonchev–Trinajstić information content (AvgIpc) is 2.21. The Balaban J connectivity index is 2.07. The standard InChI is InChI=1S/C11H21N3/c1-2-6-13-10-11-3-7-14(8-4-11)9-5-12/h11,13H,2-4,6-10H2,1H3. The van der Waals surface area contributed by atoms with Gasteiger partial charge in [-0.15, -0.1) is 0 Å². The molecule has 1 heterocycles. The summed E-state index contributed by atoms with van der Waals surface area (Å²) in [5, 5.41) is 12.0. The molecule has 0 bridgehead atoms. The highest BCUT2D eigenvalue weighted by Gasteiger charge is 2.17. The van der Waals surface area contributed by atoms with Crippen LogP contribution in [0.3, 0.4) is 0 Å². The van der Waals surface area contributed by atoms with Crippen molar-refractivity contribution in [1.82, 2.24) is 10.2 Å². The Hall–Kier alpha value is -0.590. The zero-order chi connectivity index (χ0) is 10.2. The summed E-state index contributed by atoms with van der Waals surface area (Å²) < 4.78 is 0. The molecule has 0 aromatic heterocycles. The van der Waals surface area contributed by atoms with Gasteiger partial charge in [0.1, 0.15) is 0 Å². The van der Waals surface area contributed by atoms with Crippen LogP contribution < -0.4 is 5.32 Å². The van der Waals surface area contributed by atoms with E-state index in [-0.39, 0.29) is 0 Å². The highest BCUT2D eigenvalue weighted by atomic mass is 15.1. The van der Waals surface area contributed by atoms with Gasteiger partial charge in [-0.25, -0.2) is 0 Å². The lowest BCUT2D eigenvalue weighted by Crippen LogP contribution is -2.37. The molecule has 0 aromatic carbocycles. The Kier molecular flexibility index (Phi) is 5.58. The van der Waals surface area contributed by atoms with Gasteiger partial charge in [0.2, 0.25) is 0 Å². The maximum absolute atomic E-state index is 8.55. The van der Waals surface area contributed by atoms with Gasteiger partial charge < -0.3 is 5.32 Å². The van der Waals surface area contributed by atoms with Crippen LogP contribution in [0.5, 0.6) is 0 Å². The van der Waals surface area contributed by atoms with Crippen molar-refractivity contribution in [2.75, 3.05) is 32.7 Å². The molecule has 0 saturated carbocycles. The Bertz CT molecular complexity index is 177. The second-order valence-electron chi connectivity index (χ2n) is 4.08. The highest BCUT2D eigenvalue weighted by Crippen LogP contribution is 2.15. The quantitative estimate of drug-likeness (QED) is 0.529. The molecule has 1 rings (SSSR count). The minimum absolute atomic E-state index is 0.606. The summed E-state index contributed by atoms with van der Waals surface area (Å²) in [4.78, 5) is 2.25. The van der Waals surface area contributed by atoms with E-state index in [1.54, 1.807) is 0 Å². The molecule has 1 aliphatic rings. The maximum Gasteiger partial charge on any atom is 0.0865 e.